The highest BCUT2D eigenvalue weighted by molar-refractivity contribution is 5.71. The van der Waals surface area contributed by atoms with Gasteiger partial charge in [0.2, 0.25) is 0 Å². The standard InChI is InChI=1S/C72H132O6/c1-4-7-10-13-16-19-22-25-27-29-31-32-33-34-35-36-37-38-39-40-41-43-44-47-50-53-56-59-62-65-71(74)77-68-69(67-76-70(73)64-61-58-55-52-49-46-24-21-18-15-12-9-6-3)78-72(75)66-63-60-57-54-51-48-45-42-30-28-26-23-20-17-14-11-8-5-2/h21-22,24-25,28-31,69H,4-20,23,26-27,32-68H2,1-3H3/b24-21-,25-22-,30-28-,31-29-. The summed E-state index contributed by atoms with van der Waals surface area (Å²) in [5.74, 6) is -0.864. The molecule has 0 N–H and O–H groups in total. The van der Waals surface area contributed by atoms with E-state index in [0.717, 1.165) is 70.6 Å². The first kappa shape index (κ1) is 75.4. The van der Waals surface area contributed by atoms with E-state index < -0.39 is 6.10 Å². The third-order valence-corrected chi connectivity index (χ3v) is 15.5. The van der Waals surface area contributed by atoms with Crippen LogP contribution in [0.4, 0.5) is 0 Å². The van der Waals surface area contributed by atoms with Crippen LogP contribution in [-0.2, 0) is 28.6 Å². The molecule has 1 unspecified atom stereocenters. The summed E-state index contributed by atoms with van der Waals surface area (Å²) in [6, 6.07) is 0. The van der Waals surface area contributed by atoms with Crippen molar-refractivity contribution in [1.29, 1.82) is 0 Å². The predicted octanol–water partition coefficient (Wildman–Crippen LogP) is 23.7. The Morgan fingerprint density at radius 1 is 0.256 bits per heavy atom. The lowest BCUT2D eigenvalue weighted by molar-refractivity contribution is -0.167. The van der Waals surface area contributed by atoms with Crippen molar-refractivity contribution in [2.24, 2.45) is 0 Å². The molecule has 6 heteroatoms. The van der Waals surface area contributed by atoms with E-state index in [1.165, 1.54) is 263 Å². The summed E-state index contributed by atoms with van der Waals surface area (Å²) in [7, 11) is 0. The summed E-state index contributed by atoms with van der Waals surface area (Å²) in [5.41, 5.74) is 0. The number of ether oxygens (including phenoxy) is 3. The molecule has 78 heavy (non-hydrogen) atoms. The molecule has 0 radical (unpaired) electrons. The number of unbranched alkanes of at least 4 members (excludes halogenated alkanes) is 45. The molecule has 1 atom stereocenters. The Labute approximate surface area is 486 Å². The van der Waals surface area contributed by atoms with E-state index >= 15 is 0 Å². The lowest BCUT2D eigenvalue weighted by Crippen LogP contribution is -2.30. The number of carbonyl (C=O) groups excluding carboxylic acids is 3. The van der Waals surface area contributed by atoms with Crippen LogP contribution in [0.15, 0.2) is 48.6 Å². The van der Waals surface area contributed by atoms with E-state index in [0.29, 0.717) is 19.3 Å². The predicted molar refractivity (Wildman–Crippen MR) is 339 cm³/mol. The monoisotopic (exact) mass is 1090 g/mol. The normalized spacial score (nSPS) is 12.3. The quantitative estimate of drug-likeness (QED) is 0.0261. The summed E-state index contributed by atoms with van der Waals surface area (Å²) in [5, 5.41) is 0. The van der Waals surface area contributed by atoms with Crippen LogP contribution in [0, 0.1) is 0 Å². The van der Waals surface area contributed by atoms with Crippen molar-refractivity contribution in [3.8, 4) is 0 Å². The second kappa shape index (κ2) is 66.9. The van der Waals surface area contributed by atoms with Crippen LogP contribution in [0.25, 0.3) is 0 Å². The average Bonchev–Trinajstić information content (AvgIpc) is 3.44. The van der Waals surface area contributed by atoms with E-state index in [9.17, 15) is 14.4 Å². The molecule has 0 rings (SSSR count). The van der Waals surface area contributed by atoms with Gasteiger partial charge in [-0.3, -0.25) is 14.4 Å². The van der Waals surface area contributed by atoms with Gasteiger partial charge in [-0.1, -0.05) is 301 Å². The SMILES string of the molecule is CCCCCC/C=C\CCCCCCCC(=O)OCC(COC(=O)CCCCCCCCCCCCCCCCCCC/C=C\C/C=C\CCCCCCC)OC(=O)CCCCCCCCC/C=C\CCCCCCCCC. The second-order valence-electron chi connectivity index (χ2n) is 23.4. The molecule has 0 aromatic rings. The van der Waals surface area contributed by atoms with Crippen molar-refractivity contribution in [2.45, 2.75) is 380 Å². The van der Waals surface area contributed by atoms with E-state index in [1.807, 2.05) is 0 Å². The fraction of sp³-hybridized carbons (Fsp3) is 0.847. The Hall–Kier alpha value is -2.63. The van der Waals surface area contributed by atoms with Crippen molar-refractivity contribution in [3.63, 3.8) is 0 Å². The summed E-state index contributed by atoms with van der Waals surface area (Å²) in [6.45, 7) is 6.66. The van der Waals surface area contributed by atoms with Gasteiger partial charge in [0.1, 0.15) is 13.2 Å². The Morgan fingerprint density at radius 2 is 0.462 bits per heavy atom. The second-order valence-corrected chi connectivity index (χ2v) is 23.4. The first-order valence-electron chi connectivity index (χ1n) is 34.6. The van der Waals surface area contributed by atoms with Gasteiger partial charge in [0.25, 0.3) is 0 Å². The number of allylic oxidation sites excluding steroid dienone is 8. The summed E-state index contributed by atoms with van der Waals surface area (Å²) in [6.07, 6.45) is 84.2. The van der Waals surface area contributed by atoms with Gasteiger partial charge in [0, 0.05) is 19.3 Å². The van der Waals surface area contributed by atoms with Crippen molar-refractivity contribution in [3.05, 3.63) is 48.6 Å². The van der Waals surface area contributed by atoms with Crippen LogP contribution >= 0.6 is 0 Å². The van der Waals surface area contributed by atoms with Gasteiger partial charge in [0.15, 0.2) is 6.10 Å². The van der Waals surface area contributed by atoms with Gasteiger partial charge in [-0.25, -0.2) is 0 Å². The molecule has 0 amide bonds. The van der Waals surface area contributed by atoms with E-state index in [-0.39, 0.29) is 31.1 Å². The van der Waals surface area contributed by atoms with Crippen LogP contribution in [0.2, 0.25) is 0 Å². The van der Waals surface area contributed by atoms with Crippen molar-refractivity contribution in [1.82, 2.24) is 0 Å². The maximum absolute atomic E-state index is 12.9. The van der Waals surface area contributed by atoms with Crippen LogP contribution in [-0.4, -0.2) is 37.2 Å². The Bertz CT molecular complexity index is 1350. The molecule has 0 aliphatic carbocycles. The number of hydrogen-bond acceptors (Lipinski definition) is 6. The Kier molecular flexibility index (Phi) is 64.6. The van der Waals surface area contributed by atoms with Crippen LogP contribution in [0.5, 0.6) is 0 Å². The van der Waals surface area contributed by atoms with E-state index in [4.69, 9.17) is 14.2 Å². The largest absolute Gasteiger partial charge is 0.462 e. The number of hydrogen-bond donors (Lipinski definition) is 0. The lowest BCUT2D eigenvalue weighted by atomic mass is 10.0. The maximum Gasteiger partial charge on any atom is 0.306 e. The molecule has 456 valence electrons. The van der Waals surface area contributed by atoms with Crippen molar-refractivity contribution >= 4 is 17.9 Å². The minimum atomic E-state index is -0.778. The van der Waals surface area contributed by atoms with Gasteiger partial charge in [-0.15, -0.1) is 0 Å². The molecule has 0 bridgehead atoms. The zero-order valence-electron chi connectivity index (χ0n) is 52.5. The van der Waals surface area contributed by atoms with Gasteiger partial charge in [-0.2, -0.15) is 0 Å². The summed E-state index contributed by atoms with van der Waals surface area (Å²) in [4.78, 5) is 38.4. The zero-order valence-corrected chi connectivity index (χ0v) is 52.5. The molecule has 0 aliphatic heterocycles. The first-order valence-corrected chi connectivity index (χ1v) is 34.6. The number of carbonyl (C=O) groups is 3. The molecule has 6 nitrogen and oxygen atoms in total. The summed E-state index contributed by atoms with van der Waals surface area (Å²) < 4.78 is 17.0. The van der Waals surface area contributed by atoms with Crippen LogP contribution < -0.4 is 0 Å². The van der Waals surface area contributed by atoms with Gasteiger partial charge < -0.3 is 14.2 Å². The molecule has 0 saturated carbocycles. The van der Waals surface area contributed by atoms with E-state index in [1.54, 1.807) is 0 Å². The molecule has 0 spiro atoms. The first-order chi connectivity index (χ1) is 38.5. The molecular weight excluding hydrogens is 961 g/mol. The highest BCUT2D eigenvalue weighted by Gasteiger charge is 2.19. The Morgan fingerprint density at radius 3 is 0.731 bits per heavy atom. The molecule has 0 aliphatic rings. The highest BCUT2D eigenvalue weighted by Crippen LogP contribution is 2.18. The molecular formula is C72H132O6. The fourth-order valence-electron chi connectivity index (χ4n) is 10.3. The smallest absolute Gasteiger partial charge is 0.306 e. The minimum Gasteiger partial charge on any atom is -0.462 e. The Balaban J connectivity index is 4.20. The van der Waals surface area contributed by atoms with Gasteiger partial charge >= 0.3 is 17.9 Å². The average molecular weight is 1090 g/mol. The molecule has 0 aromatic carbocycles. The van der Waals surface area contributed by atoms with Crippen molar-refractivity contribution in [2.75, 3.05) is 13.2 Å². The van der Waals surface area contributed by atoms with Crippen LogP contribution in [0.3, 0.4) is 0 Å². The molecule has 0 aromatic heterocycles. The zero-order chi connectivity index (χ0) is 56.4. The molecule has 0 fully saturated rings. The maximum atomic E-state index is 12.9. The third-order valence-electron chi connectivity index (χ3n) is 15.5. The lowest BCUT2D eigenvalue weighted by Gasteiger charge is -2.18. The van der Waals surface area contributed by atoms with Gasteiger partial charge in [0.05, 0.1) is 0 Å². The minimum absolute atomic E-state index is 0.0738. The highest BCUT2D eigenvalue weighted by atomic mass is 16.6. The fourth-order valence-corrected chi connectivity index (χ4v) is 10.3. The molecule has 0 saturated heterocycles. The topological polar surface area (TPSA) is 78.9 Å². The van der Waals surface area contributed by atoms with E-state index in [2.05, 4.69) is 69.4 Å². The van der Waals surface area contributed by atoms with Crippen LogP contribution in [0.1, 0.15) is 374 Å². The summed E-state index contributed by atoms with van der Waals surface area (Å²) >= 11 is 0. The van der Waals surface area contributed by atoms with Crippen molar-refractivity contribution < 1.29 is 28.6 Å². The number of rotatable bonds is 64. The van der Waals surface area contributed by atoms with Gasteiger partial charge in [-0.05, 0) is 103 Å². The number of esters is 3. The molecule has 0 heterocycles. The third kappa shape index (κ3) is 64.2.